The minimum atomic E-state index is -0.267. The number of hydrogen-bond donors (Lipinski definition) is 1. The second-order valence-corrected chi connectivity index (χ2v) is 6.72. The van der Waals surface area contributed by atoms with Crippen molar-refractivity contribution in [3.63, 3.8) is 0 Å². The van der Waals surface area contributed by atoms with Crippen molar-refractivity contribution < 1.29 is 9.73 Å². The van der Waals surface area contributed by atoms with E-state index >= 15 is 0 Å². The minimum absolute atomic E-state index is 0.267. The number of nitrogens with two attached hydrogens (primary N) is 1. The molecular weight excluding hydrogens is 310 g/mol. The molecule has 0 aliphatic heterocycles. The van der Waals surface area contributed by atoms with Gasteiger partial charge in [-0.2, -0.15) is 0 Å². The maximum absolute atomic E-state index is 12.0. The van der Waals surface area contributed by atoms with Gasteiger partial charge >= 0.3 is 5.63 Å². The molecule has 0 unspecified atom stereocenters. The molecule has 130 valence electrons. The fourth-order valence-electron chi connectivity index (χ4n) is 3.39. The standard InChI is InChI=1S/C22H25NO2/c1-4-8-20(17-9-6-5-7-10-17)23-14-18-13-21(24)25-22-16(3)15(2)11-12-19(18)22/h5-7,9-13,20,23H,4,8,14H2,1-3H3/p+1/t20-/m1/s1. The largest absolute Gasteiger partial charge is 0.422 e. The average Bonchev–Trinajstić information content (AvgIpc) is 2.62. The molecule has 25 heavy (non-hydrogen) atoms. The summed E-state index contributed by atoms with van der Waals surface area (Å²) < 4.78 is 5.48. The summed E-state index contributed by atoms with van der Waals surface area (Å²) in [4.78, 5) is 12.0. The minimum Gasteiger partial charge on any atom is -0.422 e. The summed E-state index contributed by atoms with van der Waals surface area (Å²) in [5.74, 6) is 0. The van der Waals surface area contributed by atoms with E-state index in [0.717, 1.165) is 47.0 Å². The van der Waals surface area contributed by atoms with Crippen LogP contribution in [-0.2, 0) is 6.54 Å². The molecular formula is C22H26NO2+. The van der Waals surface area contributed by atoms with E-state index in [2.05, 4.69) is 48.6 Å². The zero-order valence-corrected chi connectivity index (χ0v) is 15.2. The van der Waals surface area contributed by atoms with E-state index in [1.807, 2.05) is 19.9 Å². The normalized spacial score (nSPS) is 12.4. The van der Waals surface area contributed by atoms with E-state index < -0.39 is 0 Å². The van der Waals surface area contributed by atoms with Crippen LogP contribution in [0.25, 0.3) is 11.0 Å². The summed E-state index contributed by atoms with van der Waals surface area (Å²) in [6.07, 6.45) is 2.24. The van der Waals surface area contributed by atoms with E-state index in [0.29, 0.717) is 6.04 Å². The van der Waals surface area contributed by atoms with Crippen LogP contribution in [-0.4, -0.2) is 0 Å². The van der Waals surface area contributed by atoms with Crippen LogP contribution >= 0.6 is 0 Å². The van der Waals surface area contributed by atoms with Gasteiger partial charge in [-0.1, -0.05) is 55.8 Å². The number of benzene rings is 2. The van der Waals surface area contributed by atoms with Crippen LogP contribution in [0.3, 0.4) is 0 Å². The third-order valence-electron chi connectivity index (χ3n) is 4.97. The summed E-state index contributed by atoms with van der Waals surface area (Å²) in [6, 6.07) is 16.8. The van der Waals surface area contributed by atoms with Gasteiger partial charge in [0.1, 0.15) is 18.2 Å². The number of fused-ring (bicyclic) bond motifs is 1. The van der Waals surface area contributed by atoms with Crippen LogP contribution in [0.5, 0.6) is 0 Å². The first-order chi connectivity index (χ1) is 12.1. The molecule has 0 radical (unpaired) electrons. The predicted molar refractivity (Wildman–Crippen MR) is 102 cm³/mol. The molecule has 0 amide bonds. The Morgan fingerprint density at radius 2 is 1.84 bits per heavy atom. The van der Waals surface area contributed by atoms with Gasteiger partial charge in [-0.25, -0.2) is 4.79 Å². The van der Waals surface area contributed by atoms with Gasteiger partial charge in [0, 0.05) is 29.0 Å². The van der Waals surface area contributed by atoms with E-state index in [1.165, 1.54) is 5.56 Å². The Bertz CT molecular complexity index is 912. The first-order valence-electron chi connectivity index (χ1n) is 9.01. The third-order valence-corrected chi connectivity index (χ3v) is 4.97. The highest BCUT2D eigenvalue weighted by atomic mass is 16.4. The number of quaternary nitrogens is 1. The molecule has 0 spiro atoms. The van der Waals surface area contributed by atoms with Crippen LogP contribution in [0.4, 0.5) is 0 Å². The van der Waals surface area contributed by atoms with Crippen molar-refractivity contribution in [1.82, 2.24) is 0 Å². The Balaban J connectivity index is 1.92. The Labute approximate surface area is 148 Å². The van der Waals surface area contributed by atoms with Crippen LogP contribution in [0, 0.1) is 13.8 Å². The SMILES string of the molecule is CCC[C@@H]([NH2+]Cc1cc(=O)oc2c(C)c(C)ccc12)c1ccccc1. The zero-order valence-electron chi connectivity index (χ0n) is 15.2. The smallest absolute Gasteiger partial charge is 0.336 e. The van der Waals surface area contributed by atoms with Crippen LogP contribution < -0.4 is 10.9 Å². The van der Waals surface area contributed by atoms with Gasteiger partial charge in [0.05, 0.1) is 0 Å². The van der Waals surface area contributed by atoms with E-state index in [-0.39, 0.29) is 5.63 Å². The number of hydrogen-bond acceptors (Lipinski definition) is 2. The van der Waals surface area contributed by atoms with Crippen molar-refractivity contribution in [3.8, 4) is 0 Å². The molecule has 0 bridgehead atoms. The molecule has 0 saturated carbocycles. The number of aryl methyl sites for hydroxylation is 2. The molecule has 0 aliphatic rings. The molecule has 3 heteroatoms. The van der Waals surface area contributed by atoms with E-state index in [9.17, 15) is 4.79 Å². The van der Waals surface area contributed by atoms with Gasteiger partial charge in [-0.3, -0.25) is 0 Å². The quantitative estimate of drug-likeness (QED) is 0.691. The van der Waals surface area contributed by atoms with Crippen molar-refractivity contribution in [3.05, 3.63) is 81.2 Å². The summed E-state index contributed by atoms with van der Waals surface area (Å²) >= 11 is 0. The summed E-state index contributed by atoms with van der Waals surface area (Å²) in [6.45, 7) is 7.03. The van der Waals surface area contributed by atoms with Gasteiger partial charge in [0.15, 0.2) is 0 Å². The second-order valence-electron chi connectivity index (χ2n) is 6.72. The maximum Gasteiger partial charge on any atom is 0.336 e. The van der Waals surface area contributed by atoms with Crippen molar-refractivity contribution in [1.29, 1.82) is 0 Å². The predicted octanol–water partition coefficient (Wildman–Crippen LogP) is 4.01. The first kappa shape index (κ1) is 17.4. The molecule has 1 atom stereocenters. The lowest BCUT2D eigenvalue weighted by atomic mass is 10.0. The molecule has 1 heterocycles. The average molecular weight is 336 g/mol. The highest BCUT2D eigenvalue weighted by Crippen LogP contribution is 2.23. The molecule has 3 nitrogen and oxygen atoms in total. The first-order valence-corrected chi connectivity index (χ1v) is 9.01. The molecule has 2 aromatic carbocycles. The lowest BCUT2D eigenvalue weighted by molar-refractivity contribution is -0.711. The van der Waals surface area contributed by atoms with Crippen molar-refractivity contribution in [2.45, 2.75) is 46.2 Å². The van der Waals surface area contributed by atoms with Gasteiger partial charge in [0.2, 0.25) is 0 Å². The highest BCUT2D eigenvalue weighted by molar-refractivity contribution is 5.83. The Morgan fingerprint density at radius 1 is 1.08 bits per heavy atom. The number of rotatable bonds is 6. The lowest BCUT2D eigenvalue weighted by Crippen LogP contribution is -2.83. The monoisotopic (exact) mass is 336 g/mol. The summed E-state index contributed by atoms with van der Waals surface area (Å²) in [5, 5.41) is 3.38. The van der Waals surface area contributed by atoms with Crippen LogP contribution in [0.15, 0.2) is 57.7 Å². The topological polar surface area (TPSA) is 46.8 Å². The molecule has 0 fully saturated rings. The highest BCUT2D eigenvalue weighted by Gasteiger charge is 2.16. The molecule has 3 rings (SSSR count). The lowest BCUT2D eigenvalue weighted by Gasteiger charge is -2.16. The Hall–Kier alpha value is -2.39. The summed E-state index contributed by atoms with van der Waals surface area (Å²) in [7, 11) is 0. The van der Waals surface area contributed by atoms with Gasteiger partial charge in [-0.05, 0) is 25.0 Å². The molecule has 3 aromatic rings. The Morgan fingerprint density at radius 3 is 2.56 bits per heavy atom. The van der Waals surface area contributed by atoms with Gasteiger partial charge in [0.25, 0.3) is 0 Å². The summed E-state index contributed by atoms with van der Waals surface area (Å²) in [5.41, 5.74) is 5.03. The third kappa shape index (κ3) is 3.83. The molecule has 0 aliphatic carbocycles. The second kappa shape index (κ2) is 7.66. The van der Waals surface area contributed by atoms with Crippen LogP contribution in [0.1, 0.15) is 48.1 Å². The Kier molecular flexibility index (Phi) is 5.34. The fraction of sp³-hybridized carbons (Fsp3) is 0.318. The van der Waals surface area contributed by atoms with E-state index in [1.54, 1.807) is 6.07 Å². The molecule has 2 N–H and O–H groups in total. The van der Waals surface area contributed by atoms with Crippen molar-refractivity contribution in [2.24, 2.45) is 0 Å². The van der Waals surface area contributed by atoms with Crippen molar-refractivity contribution >= 4 is 11.0 Å². The van der Waals surface area contributed by atoms with Gasteiger partial charge in [-0.15, -0.1) is 0 Å². The van der Waals surface area contributed by atoms with Gasteiger partial charge < -0.3 is 9.73 Å². The van der Waals surface area contributed by atoms with E-state index in [4.69, 9.17) is 4.42 Å². The van der Waals surface area contributed by atoms with Crippen LogP contribution in [0.2, 0.25) is 0 Å². The maximum atomic E-state index is 12.0. The zero-order chi connectivity index (χ0) is 17.8. The molecule has 1 aromatic heterocycles. The molecule has 0 saturated heterocycles. The fourth-order valence-corrected chi connectivity index (χ4v) is 3.39. The van der Waals surface area contributed by atoms with Crippen molar-refractivity contribution in [2.75, 3.05) is 0 Å².